The highest BCUT2D eigenvalue weighted by atomic mass is 14.1. The number of benzene rings is 4. The zero-order valence-corrected chi connectivity index (χ0v) is 12.7. The molecule has 0 fully saturated rings. The molecule has 0 saturated heterocycles. The summed E-state index contributed by atoms with van der Waals surface area (Å²) in [7, 11) is 0. The van der Waals surface area contributed by atoms with Crippen molar-refractivity contribution in [3.63, 3.8) is 0 Å². The third-order valence-corrected chi connectivity index (χ3v) is 4.39. The summed E-state index contributed by atoms with van der Waals surface area (Å²) in [6, 6.07) is 28.6. The molecule has 0 aliphatic rings. The van der Waals surface area contributed by atoms with E-state index in [1.165, 1.54) is 38.2 Å². The fraction of sp³-hybridized carbons (Fsp3) is 0.0909. The molecule has 0 heteroatoms. The SMILES string of the molecule is Cc1cccc2ccc(Cc3ccc4ccccc4c3)cc12. The Labute approximate surface area is 131 Å². The van der Waals surface area contributed by atoms with Gasteiger partial charge in [-0.3, -0.25) is 0 Å². The normalized spacial score (nSPS) is 11.1. The molecule has 4 rings (SSSR count). The van der Waals surface area contributed by atoms with Crippen LogP contribution in [0.1, 0.15) is 16.7 Å². The van der Waals surface area contributed by atoms with Gasteiger partial charge in [-0.05, 0) is 51.6 Å². The Morgan fingerprint density at radius 2 is 1.27 bits per heavy atom. The number of rotatable bonds is 2. The molecule has 0 aromatic heterocycles. The van der Waals surface area contributed by atoms with Crippen molar-refractivity contribution in [2.75, 3.05) is 0 Å². The maximum Gasteiger partial charge on any atom is -0.00253 e. The van der Waals surface area contributed by atoms with E-state index in [1.54, 1.807) is 0 Å². The first-order chi connectivity index (χ1) is 10.8. The summed E-state index contributed by atoms with van der Waals surface area (Å²) < 4.78 is 0. The van der Waals surface area contributed by atoms with Gasteiger partial charge in [0.15, 0.2) is 0 Å². The van der Waals surface area contributed by atoms with Gasteiger partial charge >= 0.3 is 0 Å². The molecule has 4 aromatic rings. The van der Waals surface area contributed by atoms with E-state index >= 15 is 0 Å². The minimum absolute atomic E-state index is 0.981. The van der Waals surface area contributed by atoms with E-state index in [9.17, 15) is 0 Å². The van der Waals surface area contributed by atoms with Crippen LogP contribution in [0.4, 0.5) is 0 Å². The Morgan fingerprint density at radius 1 is 0.591 bits per heavy atom. The van der Waals surface area contributed by atoms with Crippen molar-refractivity contribution in [2.24, 2.45) is 0 Å². The number of aryl methyl sites for hydroxylation is 1. The van der Waals surface area contributed by atoms with Gasteiger partial charge in [-0.15, -0.1) is 0 Å². The minimum atomic E-state index is 0.981. The summed E-state index contributed by atoms with van der Waals surface area (Å²) in [5.41, 5.74) is 4.08. The lowest BCUT2D eigenvalue weighted by molar-refractivity contribution is 1.21. The Kier molecular flexibility index (Phi) is 3.16. The zero-order chi connectivity index (χ0) is 14.9. The van der Waals surface area contributed by atoms with Crippen LogP contribution in [0.3, 0.4) is 0 Å². The fourth-order valence-corrected chi connectivity index (χ4v) is 3.17. The van der Waals surface area contributed by atoms with E-state index < -0.39 is 0 Å². The maximum atomic E-state index is 2.33. The lowest BCUT2D eigenvalue weighted by atomic mass is 9.97. The van der Waals surface area contributed by atoms with Crippen LogP contribution in [0.15, 0.2) is 78.9 Å². The highest BCUT2D eigenvalue weighted by Gasteiger charge is 2.02. The molecule has 0 spiro atoms. The maximum absolute atomic E-state index is 2.33. The van der Waals surface area contributed by atoms with Gasteiger partial charge in [0.25, 0.3) is 0 Å². The molecule has 4 aromatic carbocycles. The van der Waals surface area contributed by atoms with Gasteiger partial charge in [-0.1, -0.05) is 78.9 Å². The van der Waals surface area contributed by atoms with E-state index in [0.29, 0.717) is 0 Å². The molecule has 0 aliphatic heterocycles. The van der Waals surface area contributed by atoms with E-state index in [-0.39, 0.29) is 0 Å². The molecule has 0 radical (unpaired) electrons. The second kappa shape index (κ2) is 5.31. The van der Waals surface area contributed by atoms with E-state index in [2.05, 4.69) is 85.8 Å². The van der Waals surface area contributed by atoms with Crippen LogP contribution >= 0.6 is 0 Å². The number of fused-ring (bicyclic) bond motifs is 2. The average Bonchev–Trinajstić information content (AvgIpc) is 2.56. The van der Waals surface area contributed by atoms with Crippen LogP contribution in [0.25, 0.3) is 21.5 Å². The van der Waals surface area contributed by atoms with Crippen molar-refractivity contribution in [2.45, 2.75) is 13.3 Å². The van der Waals surface area contributed by atoms with Crippen LogP contribution < -0.4 is 0 Å². The molecule has 0 bridgehead atoms. The number of hydrogen-bond acceptors (Lipinski definition) is 0. The van der Waals surface area contributed by atoms with Gasteiger partial charge in [0.05, 0.1) is 0 Å². The highest BCUT2D eigenvalue weighted by molar-refractivity contribution is 5.86. The van der Waals surface area contributed by atoms with Crippen molar-refractivity contribution < 1.29 is 0 Å². The Hall–Kier alpha value is -2.60. The monoisotopic (exact) mass is 282 g/mol. The van der Waals surface area contributed by atoms with Gasteiger partial charge in [-0.2, -0.15) is 0 Å². The predicted octanol–water partition coefficient (Wildman–Crippen LogP) is 5.89. The van der Waals surface area contributed by atoms with Crippen molar-refractivity contribution >= 4 is 21.5 Å². The topological polar surface area (TPSA) is 0 Å². The molecule has 106 valence electrons. The molecule has 0 atom stereocenters. The standard InChI is InChI=1S/C22H18/c1-16-5-4-8-20-12-10-18(15-22(16)20)13-17-9-11-19-6-2-3-7-21(19)14-17/h2-12,14-15H,13H2,1H3. The molecule has 0 unspecified atom stereocenters. The van der Waals surface area contributed by atoms with E-state index in [4.69, 9.17) is 0 Å². The first-order valence-corrected chi connectivity index (χ1v) is 7.75. The molecular weight excluding hydrogens is 264 g/mol. The summed E-state index contributed by atoms with van der Waals surface area (Å²) in [5.74, 6) is 0. The first-order valence-electron chi connectivity index (χ1n) is 7.75. The summed E-state index contributed by atoms with van der Waals surface area (Å²) in [6.07, 6.45) is 0.981. The van der Waals surface area contributed by atoms with Gasteiger partial charge < -0.3 is 0 Å². The second-order valence-electron chi connectivity index (χ2n) is 5.99. The Morgan fingerprint density at radius 3 is 2.14 bits per heavy atom. The van der Waals surface area contributed by atoms with Crippen molar-refractivity contribution in [1.82, 2.24) is 0 Å². The smallest absolute Gasteiger partial charge is 0.00253 e. The largest absolute Gasteiger partial charge is 0.0616 e. The second-order valence-corrected chi connectivity index (χ2v) is 5.99. The molecule has 0 nitrogen and oxygen atoms in total. The lowest BCUT2D eigenvalue weighted by Crippen LogP contribution is -1.89. The number of hydrogen-bond donors (Lipinski definition) is 0. The van der Waals surface area contributed by atoms with Crippen molar-refractivity contribution in [1.29, 1.82) is 0 Å². The van der Waals surface area contributed by atoms with Gasteiger partial charge in [0.1, 0.15) is 0 Å². The Balaban J connectivity index is 1.73. The molecule has 22 heavy (non-hydrogen) atoms. The Bertz CT molecular complexity index is 964. The van der Waals surface area contributed by atoms with E-state index in [1.807, 2.05) is 0 Å². The molecule has 0 amide bonds. The summed E-state index contributed by atoms with van der Waals surface area (Å²) in [5, 5.41) is 5.31. The molecule has 0 N–H and O–H groups in total. The van der Waals surface area contributed by atoms with Crippen molar-refractivity contribution in [3.8, 4) is 0 Å². The van der Waals surface area contributed by atoms with Crippen LogP contribution in [-0.4, -0.2) is 0 Å². The average molecular weight is 282 g/mol. The zero-order valence-electron chi connectivity index (χ0n) is 12.7. The van der Waals surface area contributed by atoms with Crippen LogP contribution in [-0.2, 0) is 6.42 Å². The van der Waals surface area contributed by atoms with Crippen LogP contribution in [0.5, 0.6) is 0 Å². The molecular formula is C22H18. The van der Waals surface area contributed by atoms with Crippen LogP contribution in [0.2, 0.25) is 0 Å². The highest BCUT2D eigenvalue weighted by Crippen LogP contribution is 2.23. The van der Waals surface area contributed by atoms with Crippen LogP contribution in [0, 0.1) is 6.92 Å². The molecule has 0 saturated carbocycles. The van der Waals surface area contributed by atoms with Crippen molar-refractivity contribution in [3.05, 3.63) is 95.6 Å². The molecule has 0 heterocycles. The fourth-order valence-electron chi connectivity index (χ4n) is 3.17. The predicted molar refractivity (Wildman–Crippen MR) is 95.4 cm³/mol. The summed E-state index contributed by atoms with van der Waals surface area (Å²) in [6.45, 7) is 2.18. The van der Waals surface area contributed by atoms with Gasteiger partial charge in [-0.25, -0.2) is 0 Å². The lowest BCUT2D eigenvalue weighted by Gasteiger charge is -2.07. The van der Waals surface area contributed by atoms with E-state index in [0.717, 1.165) is 6.42 Å². The first kappa shape index (κ1) is 13.1. The summed E-state index contributed by atoms with van der Waals surface area (Å²) in [4.78, 5) is 0. The third kappa shape index (κ3) is 2.37. The summed E-state index contributed by atoms with van der Waals surface area (Å²) >= 11 is 0. The molecule has 0 aliphatic carbocycles. The van der Waals surface area contributed by atoms with Gasteiger partial charge in [0.2, 0.25) is 0 Å². The third-order valence-electron chi connectivity index (χ3n) is 4.39. The quantitative estimate of drug-likeness (QED) is 0.430. The van der Waals surface area contributed by atoms with Gasteiger partial charge in [0, 0.05) is 0 Å². The minimum Gasteiger partial charge on any atom is -0.0616 e.